The van der Waals surface area contributed by atoms with Gasteiger partial charge in [-0.1, -0.05) is 0 Å². The topological polar surface area (TPSA) is 50.2 Å². The highest BCUT2D eigenvalue weighted by Gasteiger charge is 2.46. The highest BCUT2D eigenvalue weighted by Crippen LogP contribution is 2.46. The van der Waals surface area contributed by atoms with E-state index in [0.717, 1.165) is 18.2 Å². The number of carbonyl (C=O) groups is 1. The summed E-state index contributed by atoms with van der Waals surface area (Å²) in [7, 11) is 0. The molecule has 2 amide bonds. The predicted octanol–water partition coefficient (Wildman–Crippen LogP) is 3.40. The Morgan fingerprint density at radius 1 is 1.28 bits per heavy atom. The molecule has 1 saturated carbocycles. The molecule has 0 bridgehead atoms. The fraction of sp³-hybridized carbons (Fsp3) is 0.444. The van der Waals surface area contributed by atoms with Crippen molar-refractivity contribution in [2.24, 2.45) is 0 Å². The van der Waals surface area contributed by atoms with Gasteiger partial charge in [-0.05, 0) is 44.4 Å². The first kappa shape index (κ1) is 17.4. The molecule has 0 atom stereocenters. The molecule has 25 heavy (non-hydrogen) atoms. The third kappa shape index (κ3) is 3.81. The maximum atomic E-state index is 13.5. The number of hydrogen-bond acceptors (Lipinski definition) is 2. The lowest BCUT2D eigenvalue weighted by atomic mass is 10.0. The van der Waals surface area contributed by atoms with Crippen molar-refractivity contribution in [2.75, 3.05) is 6.54 Å². The van der Waals surface area contributed by atoms with Gasteiger partial charge < -0.3 is 10.2 Å². The molecule has 5 nitrogen and oxygen atoms in total. The molecule has 1 fully saturated rings. The van der Waals surface area contributed by atoms with E-state index < -0.39 is 17.2 Å². The molecular formula is C18H22F2N4O. The van der Waals surface area contributed by atoms with E-state index in [0.29, 0.717) is 31.5 Å². The van der Waals surface area contributed by atoms with Crippen molar-refractivity contribution in [1.29, 1.82) is 0 Å². The molecule has 1 aromatic carbocycles. The molecule has 2 aromatic rings. The number of benzene rings is 1. The first-order valence-electron chi connectivity index (χ1n) is 8.51. The third-order valence-corrected chi connectivity index (χ3v) is 4.56. The smallest absolute Gasteiger partial charge is 0.318 e. The molecule has 1 aromatic heterocycles. The normalized spacial score (nSPS) is 15.0. The second-order valence-electron chi connectivity index (χ2n) is 6.39. The lowest BCUT2D eigenvalue weighted by molar-refractivity contribution is 0.192. The minimum absolute atomic E-state index is 0.242. The Labute approximate surface area is 145 Å². The van der Waals surface area contributed by atoms with Crippen LogP contribution in [0.4, 0.5) is 13.6 Å². The van der Waals surface area contributed by atoms with Crippen molar-refractivity contribution in [3.8, 4) is 0 Å². The van der Waals surface area contributed by atoms with Crippen LogP contribution in [0.5, 0.6) is 0 Å². The molecule has 0 aliphatic heterocycles. The van der Waals surface area contributed by atoms with Crippen molar-refractivity contribution in [3.63, 3.8) is 0 Å². The van der Waals surface area contributed by atoms with Gasteiger partial charge in [0.05, 0.1) is 18.3 Å². The molecule has 0 unspecified atom stereocenters. The molecule has 1 aliphatic rings. The Kier molecular flexibility index (Phi) is 4.74. The number of hydrogen-bond donors (Lipinski definition) is 1. The number of rotatable bonds is 6. The molecule has 1 heterocycles. The van der Waals surface area contributed by atoms with E-state index in [4.69, 9.17) is 0 Å². The van der Waals surface area contributed by atoms with E-state index >= 15 is 0 Å². The number of urea groups is 1. The van der Waals surface area contributed by atoms with Gasteiger partial charge in [-0.3, -0.25) is 4.68 Å². The Hall–Kier alpha value is -2.44. The fourth-order valence-corrected chi connectivity index (χ4v) is 2.93. The van der Waals surface area contributed by atoms with Gasteiger partial charge in [0.1, 0.15) is 11.6 Å². The fourth-order valence-electron chi connectivity index (χ4n) is 2.93. The average Bonchev–Trinajstić information content (AvgIpc) is 3.21. The van der Waals surface area contributed by atoms with Gasteiger partial charge in [0.15, 0.2) is 0 Å². The van der Waals surface area contributed by atoms with Gasteiger partial charge in [-0.25, -0.2) is 13.6 Å². The second kappa shape index (κ2) is 6.82. The first-order valence-corrected chi connectivity index (χ1v) is 8.51. The van der Waals surface area contributed by atoms with E-state index in [-0.39, 0.29) is 6.03 Å². The van der Waals surface area contributed by atoms with Crippen molar-refractivity contribution in [3.05, 3.63) is 53.4 Å². The van der Waals surface area contributed by atoms with Crippen molar-refractivity contribution >= 4 is 6.03 Å². The van der Waals surface area contributed by atoms with Crippen LogP contribution in [0.2, 0.25) is 0 Å². The summed E-state index contributed by atoms with van der Waals surface area (Å²) in [6.07, 6.45) is 5.00. The number of aryl methyl sites for hydroxylation is 1. The molecule has 0 saturated heterocycles. The van der Waals surface area contributed by atoms with Crippen LogP contribution < -0.4 is 5.32 Å². The summed E-state index contributed by atoms with van der Waals surface area (Å²) in [5.74, 6) is -1.26. The summed E-state index contributed by atoms with van der Waals surface area (Å²) in [4.78, 5) is 14.3. The van der Waals surface area contributed by atoms with Gasteiger partial charge in [0, 0.05) is 30.9 Å². The molecule has 3 rings (SSSR count). The van der Waals surface area contributed by atoms with Gasteiger partial charge >= 0.3 is 6.03 Å². The zero-order valence-electron chi connectivity index (χ0n) is 14.4. The molecule has 1 N–H and O–H groups in total. The summed E-state index contributed by atoms with van der Waals surface area (Å²) in [6.45, 7) is 5.63. The number of aromatic nitrogens is 2. The number of amides is 2. The lowest BCUT2D eigenvalue weighted by Gasteiger charge is -2.25. The van der Waals surface area contributed by atoms with E-state index in [1.54, 1.807) is 15.8 Å². The van der Waals surface area contributed by atoms with E-state index in [2.05, 4.69) is 10.4 Å². The molecule has 1 aliphatic carbocycles. The second-order valence-corrected chi connectivity index (χ2v) is 6.39. The monoisotopic (exact) mass is 348 g/mol. The minimum Gasteiger partial charge on any atom is -0.328 e. The zero-order valence-corrected chi connectivity index (χ0v) is 14.4. The summed E-state index contributed by atoms with van der Waals surface area (Å²) >= 11 is 0. The summed E-state index contributed by atoms with van der Waals surface area (Å²) in [6, 6.07) is 3.18. The SMILES string of the molecule is CCN(Cc1cnn(CC)c1)C(=O)NC1(c2cc(F)cc(F)c2)CC1. The quantitative estimate of drug-likeness (QED) is 0.870. The number of halogens is 2. The lowest BCUT2D eigenvalue weighted by Crippen LogP contribution is -2.44. The summed E-state index contributed by atoms with van der Waals surface area (Å²) in [5, 5.41) is 7.17. The zero-order chi connectivity index (χ0) is 18.0. The van der Waals surface area contributed by atoms with Crippen LogP contribution in [0.3, 0.4) is 0 Å². The van der Waals surface area contributed by atoms with Gasteiger partial charge in [0.2, 0.25) is 0 Å². The number of carbonyl (C=O) groups excluding carboxylic acids is 1. The first-order chi connectivity index (χ1) is 12.0. The predicted molar refractivity (Wildman–Crippen MR) is 89.8 cm³/mol. The maximum Gasteiger partial charge on any atom is 0.318 e. The van der Waals surface area contributed by atoms with E-state index in [1.807, 2.05) is 20.0 Å². The van der Waals surface area contributed by atoms with Crippen molar-refractivity contribution in [1.82, 2.24) is 20.0 Å². The molecule has 7 heteroatoms. The van der Waals surface area contributed by atoms with Crippen molar-refractivity contribution < 1.29 is 13.6 Å². The highest BCUT2D eigenvalue weighted by molar-refractivity contribution is 5.76. The molecule has 0 radical (unpaired) electrons. The maximum absolute atomic E-state index is 13.5. The van der Waals surface area contributed by atoms with Gasteiger partial charge in [0.25, 0.3) is 0 Å². The van der Waals surface area contributed by atoms with E-state index in [9.17, 15) is 13.6 Å². The van der Waals surface area contributed by atoms with Crippen LogP contribution in [0.15, 0.2) is 30.6 Å². The number of nitrogens with one attached hydrogen (secondary N) is 1. The molecular weight excluding hydrogens is 326 g/mol. The third-order valence-electron chi connectivity index (χ3n) is 4.56. The Morgan fingerprint density at radius 3 is 2.48 bits per heavy atom. The standard InChI is InChI=1S/C18H22F2N4O/c1-3-23(11-13-10-21-24(4-2)12-13)17(25)22-18(5-6-18)14-7-15(19)9-16(20)8-14/h7-10,12H,3-6,11H2,1-2H3,(H,22,25). The molecule has 0 spiro atoms. The average molecular weight is 348 g/mol. The summed E-state index contributed by atoms with van der Waals surface area (Å²) in [5.41, 5.74) is 0.759. The van der Waals surface area contributed by atoms with Gasteiger partial charge in [-0.2, -0.15) is 5.10 Å². The molecule has 134 valence electrons. The van der Waals surface area contributed by atoms with Crippen LogP contribution in [0.25, 0.3) is 0 Å². The van der Waals surface area contributed by atoms with Crippen LogP contribution in [-0.2, 0) is 18.6 Å². The Balaban J connectivity index is 1.71. The van der Waals surface area contributed by atoms with Crippen molar-refractivity contribution in [2.45, 2.75) is 45.3 Å². The summed E-state index contributed by atoms with van der Waals surface area (Å²) < 4.78 is 28.8. The van der Waals surface area contributed by atoms with Crippen LogP contribution in [-0.4, -0.2) is 27.3 Å². The van der Waals surface area contributed by atoms with Gasteiger partial charge in [-0.15, -0.1) is 0 Å². The largest absolute Gasteiger partial charge is 0.328 e. The highest BCUT2D eigenvalue weighted by atomic mass is 19.1. The Bertz CT molecular complexity index is 750. The van der Waals surface area contributed by atoms with E-state index in [1.165, 1.54) is 12.1 Å². The van der Waals surface area contributed by atoms with Crippen LogP contribution in [0.1, 0.15) is 37.8 Å². The van der Waals surface area contributed by atoms with Crippen LogP contribution in [0, 0.1) is 11.6 Å². The van der Waals surface area contributed by atoms with Crippen LogP contribution >= 0.6 is 0 Å². The Morgan fingerprint density at radius 2 is 1.96 bits per heavy atom. The number of nitrogens with zero attached hydrogens (tertiary/aromatic N) is 3. The minimum atomic E-state index is -0.666.